The lowest BCUT2D eigenvalue weighted by Crippen LogP contribution is -2.21. The molecule has 5 heteroatoms. The molecule has 2 N–H and O–H groups in total. The van der Waals surface area contributed by atoms with Gasteiger partial charge in [-0.3, -0.25) is 9.59 Å². The number of para-hydroxylation sites is 2. The first-order valence-corrected chi connectivity index (χ1v) is 8.32. The van der Waals surface area contributed by atoms with E-state index in [1.54, 1.807) is 24.3 Å². The quantitative estimate of drug-likeness (QED) is 0.765. The van der Waals surface area contributed by atoms with Gasteiger partial charge in [0.1, 0.15) is 5.75 Å². The number of benzene rings is 2. The summed E-state index contributed by atoms with van der Waals surface area (Å²) in [6.07, 6.45) is 0.837. The molecule has 0 radical (unpaired) electrons. The van der Waals surface area contributed by atoms with Gasteiger partial charge in [-0.05, 0) is 35.6 Å². The van der Waals surface area contributed by atoms with Gasteiger partial charge in [-0.25, -0.2) is 0 Å². The molecule has 0 aliphatic heterocycles. The molecular weight excluding hydrogens is 318 g/mol. The van der Waals surface area contributed by atoms with Gasteiger partial charge in [0, 0.05) is 5.69 Å². The van der Waals surface area contributed by atoms with Gasteiger partial charge in [-0.2, -0.15) is 0 Å². The molecule has 5 nitrogen and oxygen atoms in total. The van der Waals surface area contributed by atoms with Crippen LogP contribution >= 0.6 is 0 Å². The molecule has 2 rings (SSSR count). The zero-order valence-electron chi connectivity index (χ0n) is 14.5. The first-order chi connectivity index (χ1) is 12.0. The van der Waals surface area contributed by atoms with Crippen LogP contribution in [0, 0.1) is 0 Å². The first-order valence-electron chi connectivity index (χ1n) is 8.32. The van der Waals surface area contributed by atoms with E-state index in [1.807, 2.05) is 24.3 Å². The van der Waals surface area contributed by atoms with Crippen LogP contribution in [0.25, 0.3) is 0 Å². The number of amides is 1. The third-order valence-electron chi connectivity index (χ3n) is 4.05. The summed E-state index contributed by atoms with van der Waals surface area (Å²) in [6.45, 7) is 4.09. The van der Waals surface area contributed by atoms with Crippen LogP contribution in [-0.4, -0.2) is 23.6 Å². The predicted octanol–water partition coefficient (Wildman–Crippen LogP) is 3.84. The number of hydrogen-bond donors (Lipinski definition) is 2. The number of carboxylic acids is 1. The number of ether oxygens (including phenoxy) is 1. The molecule has 1 unspecified atom stereocenters. The molecule has 1 atom stereocenters. The number of carboxylic acid groups (broad SMARTS) is 1. The van der Waals surface area contributed by atoms with Crippen molar-refractivity contribution >= 4 is 17.6 Å². The Bertz CT molecular complexity index is 742. The van der Waals surface area contributed by atoms with Crippen molar-refractivity contribution in [2.24, 2.45) is 0 Å². The number of hydrogen-bond acceptors (Lipinski definition) is 3. The van der Waals surface area contributed by atoms with E-state index in [1.165, 1.54) is 0 Å². The summed E-state index contributed by atoms with van der Waals surface area (Å²) >= 11 is 0. The lowest BCUT2D eigenvalue weighted by Gasteiger charge is -2.16. The van der Waals surface area contributed by atoms with Crippen LogP contribution in [0.15, 0.2) is 48.5 Å². The van der Waals surface area contributed by atoms with Gasteiger partial charge >= 0.3 is 5.97 Å². The van der Waals surface area contributed by atoms with Crippen molar-refractivity contribution in [3.63, 3.8) is 0 Å². The third-order valence-corrected chi connectivity index (χ3v) is 4.05. The minimum Gasteiger partial charge on any atom is -0.483 e. The van der Waals surface area contributed by atoms with Gasteiger partial charge in [-0.1, -0.05) is 50.2 Å². The molecule has 0 saturated heterocycles. The Hall–Kier alpha value is -2.82. The Morgan fingerprint density at radius 2 is 1.80 bits per heavy atom. The molecule has 2 aromatic rings. The summed E-state index contributed by atoms with van der Waals surface area (Å²) in [5.41, 5.74) is 2.13. The highest BCUT2D eigenvalue weighted by Gasteiger charge is 2.13. The summed E-state index contributed by atoms with van der Waals surface area (Å²) in [6, 6.07) is 14.5. The first kappa shape index (κ1) is 18.5. The van der Waals surface area contributed by atoms with Gasteiger partial charge in [0.2, 0.25) is 0 Å². The molecule has 0 aliphatic rings. The molecule has 25 heavy (non-hydrogen) atoms. The molecule has 2 aromatic carbocycles. The van der Waals surface area contributed by atoms with E-state index in [2.05, 4.69) is 19.2 Å². The van der Waals surface area contributed by atoms with E-state index in [-0.39, 0.29) is 18.9 Å². The Balaban J connectivity index is 2.02. The average Bonchev–Trinajstić information content (AvgIpc) is 2.61. The third kappa shape index (κ3) is 5.35. The summed E-state index contributed by atoms with van der Waals surface area (Å²) in [5.74, 6) is -0.224. The standard InChI is InChI=1S/C20H23NO4/c1-3-14(2)16-9-5-7-11-18(16)25-13-19(22)21-17-10-6-4-8-15(17)12-20(23)24/h4-11,14H,3,12-13H2,1-2H3,(H,21,22)(H,23,24). The van der Waals surface area contributed by atoms with E-state index < -0.39 is 5.97 Å². The zero-order valence-corrected chi connectivity index (χ0v) is 14.5. The molecule has 0 heterocycles. The second kappa shape index (κ2) is 8.87. The molecule has 0 bridgehead atoms. The van der Waals surface area contributed by atoms with Gasteiger partial charge in [-0.15, -0.1) is 0 Å². The number of aliphatic carboxylic acids is 1. The number of carbonyl (C=O) groups is 2. The van der Waals surface area contributed by atoms with Crippen LogP contribution in [0.4, 0.5) is 5.69 Å². The van der Waals surface area contributed by atoms with Crippen molar-refractivity contribution < 1.29 is 19.4 Å². The van der Waals surface area contributed by atoms with Crippen LogP contribution in [0.2, 0.25) is 0 Å². The van der Waals surface area contributed by atoms with Gasteiger partial charge < -0.3 is 15.2 Å². The molecule has 0 aliphatic carbocycles. The minimum atomic E-state index is -0.944. The Morgan fingerprint density at radius 1 is 1.12 bits per heavy atom. The SMILES string of the molecule is CCC(C)c1ccccc1OCC(=O)Nc1ccccc1CC(=O)O. The number of rotatable bonds is 8. The lowest BCUT2D eigenvalue weighted by molar-refractivity contribution is -0.136. The van der Waals surface area contributed by atoms with Crippen molar-refractivity contribution in [2.75, 3.05) is 11.9 Å². The average molecular weight is 341 g/mol. The Kier molecular flexibility index (Phi) is 6.57. The monoisotopic (exact) mass is 341 g/mol. The van der Waals surface area contributed by atoms with Gasteiger partial charge in [0.15, 0.2) is 6.61 Å². The highest BCUT2D eigenvalue weighted by atomic mass is 16.5. The van der Waals surface area contributed by atoms with Crippen molar-refractivity contribution in [1.29, 1.82) is 0 Å². The fourth-order valence-corrected chi connectivity index (χ4v) is 2.53. The second-order valence-corrected chi connectivity index (χ2v) is 5.91. The minimum absolute atomic E-state index is 0.130. The Morgan fingerprint density at radius 3 is 2.52 bits per heavy atom. The van der Waals surface area contributed by atoms with Crippen molar-refractivity contribution in [1.82, 2.24) is 0 Å². The highest BCUT2D eigenvalue weighted by Crippen LogP contribution is 2.28. The van der Waals surface area contributed by atoms with Crippen LogP contribution in [0.5, 0.6) is 5.75 Å². The molecular formula is C20H23NO4. The number of nitrogens with one attached hydrogen (secondary N) is 1. The molecule has 0 spiro atoms. The number of carbonyl (C=O) groups excluding carboxylic acids is 1. The summed E-state index contributed by atoms with van der Waals surface area (Å²) in [5, 5.41) is 11.7. The summed E-state index contributed by atoms with van der Waals surface area (Å²) in [4.78, 5) is 23.1. The van der Waals surface area contributed by atoms with Crippen LogP contribution < -0.4 is 10.1 Å². The topological polar surface area (TPSA) is 75.6 Å². The number of anilines is 1. The molecule has 0 saturated carbocycles. The highest BCUT2D eigenvalue weighted by molar-refractivity contribution is 5.93. The smallest absolute Gasteiger partial charge is 0.307 e. The fraction of sp³-hybridized carbons (Fsp3) is 0.300. The lowest BCUT2D eigenvalue weighted by atomic mass is 9.98. The van der Waals surface area contributed by atoms with E-state index in [0.717, 1.165) is 12.0 Å². The van der Waals surface area contributed by atoms with Crippen LogP contribution in [0.3, 0.4) is 0 Å². The zero-order chi connectivity index (χ0) is 18.2. The van der Waals surface area contributed by atoms with Crippen LogP contribution in [-0.2, 0) is 16.0 Å². The fourth-order valence-electron chi connectivity index (χ4n) is 2.53. The Labute approximate surface area is 147 Å². The van der Waals surface area contributed by atoms with E-state index in [4.69, 9.17) is 9.84 Å². The van der Waals surface area contributed by atoms with Gasteiger partial charge in [0.05, 0.1) is 6.42 Å². The maximum absolute atomic E-state index is 12.2. The normalized spacial score (nSPS) is 11.6. The summed E-state index contributed by atoms with van der Waals surface area (Å²) in [7, 11) is 0. The van der Waals surface area contributed by atoms with Crippen molar-refractivity contribution in [3.05, 3.63) is 59.7 Å². The largest absolute Gasteiger partial charge is 0.483 e. The van der Waals surface area contributed by atoms with Crippen molar-refractivity contribution in [3.8, 4) is 5.75 Å². The maximum Gasteiger partial charge on any atom is 0.307 e. The predicted molar refractivity (Wildman–Crippen MR) is 97.1 cm³/mol. The molecule has 0 aromatic heterocycles. The van der Waals surface area contributed by atoms with E-state index in [0.29, 0.717) is 22.9 Å². The summed E-state index contributed by atoms with van der Waals surface area (Å²) < 4.78 is 5.69. The molecule has 1 amide bonds. The maximum atomic E-state index is 12.2. The van der Waals surface area contributed by atoms with E-state index >= 15 is 0 Å². The molecule has 0 fully saturated rings. The van der Waals surface area contributed by atoms with Gasteiger partial charge in [0.25, 0.3) is 5.91 Å². The molecule has 132 valence electrons. The van der Waals surface area contributed by atoms with E-state index in [9.17, 15) is 9.59 Å². The second-order valence-electron chi connectivity index (χ2n) is 5.91. The van der Waals surface area contributed by atoms with Crippen LogP contribution in [0.1, 0.15) is 37.3 Å². The van der Waals surface area contributed by atoms with Crippen molar-refractivity contribution in [2.45, 2.75) is 32.6 Å².